The molecule has 1 spiro atoms. The molecule has 0 N–H and O–H groups in total. The summed E-state index contributed by atoms with van der Waals surface area (Å²) in [5.41, 5.74) is 17.4. The molecule has 0 fully saturated rings. The van der Waals surface area contributed by atoms with Crippen LogP contribution < -0.4 is 4.74 Å². The Morgan fingerprint density at radius 1 is 0.290 bits per heavy atom. The maximum atomic E-state index is 6.63. The van der Waals surface area contributed by atoms with Gasteiger partial charge in [-0.05, 0) is 87.3 Å². The van der Waals surface area contributed by atoms with Gasteiger partial charge in [-0.2, -0.15) is 0 Å². The van der Waals surface area contributed by atoms with Crippen molar-refractivity contribution in [1.82, 2.24) is 15.0 Å². The topological polar surface area (TPSA) is 47.9 Å². The minimum absolute atomic E-state index is 0.558. The number of hydrogen-bond acceptors (Lipinski definition) is 4. The summed E-state index contributed by atoms with van der Waals surface area (Å²) in [7, 11) is 0. The number of para-hydroxylation sites is 3. The van der Waals surface area contributed by atoms with Crippen molar-refractivity contribution in [3.63, 3.8) is 0 Å². The zero-order valence-electron chi connectivity index (χ0n) is 33.5. The summed E-state index contributed by atoms with van der Waals surface area (Å²) in [5, 5.41) is 3.42. The molecule has 0 amide bonds. The van der Waals surface area contributed by atoms with Gasteiger partial charge in [-0.3, -0.25) is 0 Å². The highest BCUT2D eigenvalue weighted by Gasteiger charge is 2.51. The van der Waals surface area contributed by atoms with Crippen molar-refractivity contribution in [2.45, 2.75) is 5.41 Å². The summed E-state index contributed by atoms with van der Waals surface area (Å²) in [6, 6.07) is 75.3. The van der Waals surface area contributed by atoms with Crippen LogP contribution in [0.3, 0.4) is 0 Å². The maximum absolute atomic E-state index is 6.63. The molecule has 288 valence electrons. The van der Waals surface area contributed by atoms with Crippen LogP contribution in [0.5, 0.6) is 11.5 Å². The number of nitrogens with zero attached hydrogens (tertiary/aromatic N) is 3. The van der Waals surface area contributed by atoms with Crippen LogP contribution in [0, 0.1) is 0 Å². The molecule has 9 aromatic carbocycles. The predicted octanol–water partition coefficient (Wildman–Crippen LogP) is 14.5. The van der Waals surface area contributed by atoms with Gasteiger partial charge in [-0.25, -0.2) is 15.0 Å². The van der Waals surface area contributed by atoms with E-state index < -0.39 is 5.41 Å². The van der Waals surface area contributed by atoms with Gasteiger partial charge in [0.25, 0.3) is 0 Å². The van der Waals surface area contributed by atoms with Crippen molar-refractivity contribution in [2.24, 2.45) is 0 Å². The molecule has 0 saturated heterocycles. The average molecular weight is 790 g/mol. The SMILES string of the molecule is c1ccc(-c2nc3ccc(-c4cccc(-c5nc6ccccc6c6cc7c(cc56)-c5ccccc5C75c6ccccc6Oc6ccccc65)c4)cc3nc2-c2ccccc2)cc1. The van der Waals surface area contributed by atoms with Crippen LogP contribution in [-0.2, 0) is 5.41 Å². The summed E-state index contributed by atoms with van der Waals surface area (Å²) < 4.78 is 6.63. The van der Waals surface area contributed by atoms with Crippen molar-refractivity contribution in [2.75, 3.05) is 0 Å². The smallest absolute Gasteiger partial charge is 0.132 e. The van der Waals surface area contributed by atoms with Crippen molar-refractivity contribution >= 4 is 32.7 Å². The minimum atomic E-state index is -0.558. The Balaban J connectivity index is 1.01. The molecular formula is C58H35N3O. The third kappa shape index (κ3) is 5.04. The quantitative estimate of drug-likeness (QED) is 0.167. The van der Waals surface area contributed by atoms with Gasteiger partial charge in [0.05, 0.1) is 39.0 Å². The molecule has 4 nitrogen and oxygen atoms in total. The Hall–Kier alpha value is -8.21. The number of benzene rings is 9. The molecule has 1 aliphatic heterocycles. The van der Waals surface area contributed by atoms with E-state index in [2.05, 4.69) is 188 Å². The summed E-state index contributed by atoms with van der Waals surface area (Å²) in [6.07, 6.45) is 0. The molecule has 62 heavy (non-hydrogen) atoms. The monoisotopic (exact) mass is 789 g/mol. The lowest BCUT2D eigenvalue weighted by molar-refractivity contribution is 0.436. The Morgan fingerprint density at radius 3 is 1.60 bits per heavy atom. The van der Waals surface area contributed by atoms with Crippen molar-refractivity contribution in [3.05, 3.63) is 235 Å². The second-order valence-corrected chi connectivity index (χ2v) is 16.2. The van der Waals surface area contributed by atoms with E-state index in [9.17, 15) is 0 Å². The molecule has 4 heteroatoms. The van der Waals surface area contributed by atoms with Gasteiger partial charge in [-0.15, -0.1) is 0 Å². The number of aromatic nitrogens is 3. The fraction of sp³-hybridized carbons (Fsp3) is 0.0172. The Kier molecular flexibility index (Phi) is 7.49. The highest BCUT2D eigenvalue weighted by molar-refractivity contribution is 6.13. The fourth-order valence-corrected chi connectivity index (χ4v) is 10.2. The van der Waals surface area contributed by atoms with E-state index in [1.807, 2.05) is 24.3 Å². The van der Waals surface area contributed by atoms with Gasteiger partial charge >= 0.3 is 0 Å². The first kappa shape index (κ1) is 34.6. The van der Waals surface area contributed by atoms with Crippen molar-refractivity contribution < 1.29 is 4.74 Å². The first-order valence-electron chi connectivity index (χ1n) is 21.1. The van der Waals surface area contributed by atoms with E-state index >= 15 is 0 Å². The molecule has 0 unspecified atom stereocenters. The molecular weight excluding hydrogens is 755 g/mol. The van der Waals surface area contributed by atoms with Gasteiger partial charge in [0.1, 0.15) is 11.5 Å². The largest absolute Gasteiger partial charge is 0.457 e. The summed E-state index contributed by atoms with van der Waals surface area (Å²) in [4.78, 5) is 16.0. The van der Waals surface area contributed by atoms with Gasteiger partial charge in [0, 0.05) is 38.6 Å². The Labute approximate surface area is 358 Å². The van der Waals surface area contributed by atoms with Crippen LogP contribution in [0.1, 0.15) is 22.3 Å². The van der Waals surface area contributed by atoms with E-state index in [1.54, 1.807) is 0 Å². The molecule has 13 rings (SSSR count). The number of rotatable bonds is 4. The van der Waals surface area contributed by atoms with E-state index in [-0.39, 0.29) is 0 Å². The maximum Gasteiger partial charge on any atom is 0.132 e. The molecule has 0 saturated carbocycles. The third-order valence-electron chi connectivity index (χ3n) is 12.9. The number of hydrogen-bond donors (Lipinski definition) is 0. The number of ether oxygens (including phenoxy) is 1. The summed E-state index contributed by atoms with van der Waals surface area (Å²) >= 11 is 0. The van der Waals surface area contributed by atoms with Gasteiger partial charge in [0.15, 0.2) is 0 Å². The van der Waals surface area contributed by atoms with E-state index in [0.717, 1.165) is 94.8 Å². The third-order valence-corrected chi connectivity index (χ3v) is 12.9. The Bertz CT molecular complexity index is 3570. The zero-order valence-corrected chi connectivity index (χ0v) is 33.5. The van der Waals surface area contributed by atoms with Crippen LogP contribution in [0.4, 0.5) is 0 Å². The summed E-state index contributed by atoms with van der Waals surface area (Å²) in [5.74, 6) is 1.78. The first-order chi connectivity index (χ1) is 30.7. The number of fused-ring (bicyclic) bond motifs is 13. The van der Waals surface area contributed by atoms with Gasteiger partial charge in [-0.1, -0.05) is 164 Å². The Morgan fingerprint density at radius 2 is 0.855 bits per heavy atom. The van der Waals surface area contributed by atoms with Crippen molar-refractivity contribution in [3.8, 4) is 67.5 Å². The first-order valence-corrected chi connectivity index (χ1v) is 21.1. The molecule has 3 heterocycles. The molecule has 11 aromatic rings. The summed E-state index contributed by atoms with van der Waals surface area (Å²) in [6.45, 7) is 0. The van der Waals surface area contributed by atoms with Gasteiger partial charge in [0.2, 0.25) is 0 Å². The second-order valence-electron chi connectivity index (χ2n) is 16.2. The standard InChI is InChI=1S/C58H35N3O/c1-3-16-36(17-4-1)56-57(37-18-5-2-6-19-37)61-52-33-39(30-31-51(52)60-56)38-20-15-21-40(32-38)55-45-34-44-41-22-7-9-24-46(41)58(49(44)35-43(45)42-23-8-12-27-50(42)59-55)47-25-10-13-28-53(47)62-54-29-14-11-26-48(54)58/h1-35H. The minimum Gasteiger partial charge on any atom is -0.457 e. The van der Waals surface area contributed by atoms with Crippen LogP contribution in [-0.4, -0.2) is 15.0 Å². The van der Waals surface area contributed by atoms with Crippen LogP contribution >= 0.6 is 0 Å². The predicted molar refractivity (Wildman–Crippen MR) is 251 cm³/mol. The lowest BCUT2D eigenvalue weighted by atomic mass is 9.66. The zero-order chi connectivity index (χ0) is 40.8. The molecule has 0 radical (unpaired) electrons. The van der Waals surface area contributed by atoms with Crippen LogP contribution in [0.2, 0.25) is 0 Å². The second kappa shape index (κ2) is 13.4. The number of pyridine rings is 1. The average Bonchev–Trinajstić information content (AvgIpc) is 3.62. The highest BCUT2D eigenvalue weighted by Crippen LogP contribution is 2.62. The van der Waals surface area contributed by atoms with E-state index in [4.69, 9.17) is 19.7 Å². The molecule has 0 bridgehead atoms. The van der Waals surface area contributed by atoms with E-state index in [0.29, 0.717) is 0 Å². The fourth-order valence-electron chi connectivity index (χ4n) is 10.2. The lowest BCUT2D eigenvalue weighted by Gasteiger charge is -2.39. The molecule has 1 aliphatic carbocycles. The van der Waals surface area contributed by atoms with Gasteiger partial charge < -0.3 is 4.74 Å². The normalized spacial score (nSPS) is 13.1. The molecule has 2 aliphatic rings. The molecule has 0 atom stereocenters. The van der Waals surface area contributed by atoms with E-state index in [1.165, 1.54) is 27.6 Å². The lowest BCUT2D eigenvalue weighted by Crippen LogP contribution is -2.32. The van der Waals surface area contributed by atoms with Crippen LogP contribution in [0.15, 0.2) is 212 Å². The van der Waals surface area contributed by atoms with Crippen molar-refractivity contribution in [1.29, 1.82) is 0 Å². The molecule has 2 aromatic heterocycles. The highest BCUT2D eigenvalue weighted by atomic mass is 16.5. The van der Waals surface area contributed by atoms with Crippen LogP contribution in [0.25, 0.3) is 88.7 Å².